The van der Waals surface area contributed by atoms with Crippen molar-refractivity contribution in [1.29, 1.82) is 0 Å². The fraction of sp³-hybridized carbons (Fsp3) is 0.417. The van der Waals surface area contributed by atoms with Gasteiger partial charge in [0, 0.05) is 12.5 Å². The van der Waals surface area contributed by atoms with Crippen molar-refractivity contribution < 1.29 is 9.59 Å². The number of nitrogens with zero attached hydrogens (tertiary/aromatic N) is 1. The average Bonchev–Trinajstić information content (AvgIpc) is 3.54. The fourth-order valence-corrected chi connectivity index (χ4v) is 4.39. The molecule has 146 valence electrons. The van der Waals surface area contributed by atoms with E-state index < -0.39 is 0 Å². The van der Waals surface area contributed by atoms with E-state index in [0.29, 0.717) is 6.54 Å². The predicted molar refractivity (Wildman–Crippen MR) is 110 cm³/mol. The number of nitrogens with one attached hydrogen (secondary N) is 1. The molecule has 0 bridgehead atoms. The van der Waals surface area contributed by atoms with Gasteiger partial charge in [-0.3, -0.25) is 9.59 Å². The first kappa shape index (κ1) is 18.7. The van der Waals surface area contributed by atoms with Gasteiger partial charge in [0.25, 0.3) is 0 Å². The Morgan fingerprint density at radius 3 is 2.29 bits per heavy atom. The smallest absolute Gasteiger partial charge is 0.243 e. The van der Waals surface area contributed by atoms with Crippen molar-refractivity contribution in [3.63, 3.8) is 0 Å². The van der Waals surface area contributed by atoms with Gasteiger partial charge in [-0.05, 0) is 29.4 Å². The summed E-state index contributed by atoms with van der Waals surface area (Å²) in [6.07, 6.45) is 1.74. The lowest BCUT2D eigenvalue weighted by Crippen LogP contribution is -2.60. The van der Waals surface area contributed by atoms with E-state index in [2.05, 4.69) is 31.3 Å². The van der Waals surface area contributed by atoms with Crippen LogP contribution in [0.4, 0.5) is 0 Å². The molecule has 0 radical (unpaired) electrons. The highest BCUT2D eigenvalue weighted by atomic mass is 16.2. The van der Waals surface area contributed by atoms with Gasteiger partial charge in [0.1, 0.15) is 6.04 Å². The number of carbonyl (C=O) groups is 2. The number of benzene rings is 2. The Labute approximate surface area is 166 Å². The maximum atomic E-state index is 13.4. The van der Waals surface area contributed by atoms with Crippen LogP contribution in [-0.2, 0) is 9.59 Å². The van der Waals surface area contributed by atoms with E-state index in [9.17, 15) is 9.59 Å². The third kappa shape index (κ3) is 3.56. The molecule has 1 aliphatic carbocycles. The molecule has 1 N–H and O–H groups in total. The van der Waals surface area contributed by atoms with Gasteiger partial charge in [0.2, 0.25) is 11.8 Å². The van der Waals surface area contributed by atoms with Crippen LogP contribution in [0.15, 0.2) is 60.7 Å². The zero-order valence-electron chi connectivity index (χ0n) is 16.5. The molecule has 2 aromatic rings. The van der Waals surface area contributed by atoms with Gasteiger partial charge >= 0.3 is 0 Å². The summed E-state index contributed by atoms with van der Waals surface area (Å²) in [4.78, 5) is 28.3. The van der Waals surface area contributed by atoms with Crippen molar-refractivity contribution in [2.75, 3.05) is 6.54 Å². The largest absolute Gasteiger partial charge is 0.346 e. The average molecular weight is 377 g/mol. The third-order valence-electron chi connectivity index (χ3n) is 6.30. The first-order valence-electron chi connectivity index (χ1n) is 10.3. The molecular weight excluding hydrogens is 348 g/mol. The van der Waals surface area contributed by atoms with Crippen LogP contribution in [0.5, 0.6) is 0 Å². The van der Waals surface area contributed by atoms with Crippen molar-refractivity contribution in [1.82, 2.24) is 10.2 Å². The predicted octanol–water partition coefficient (Wildman–Crippen LogP) is 3.90. The summed E-state index contributed by atoms with van der Waals surface area (Å²) in [5.74, 6) is 0.520. The standard InChI is InChI=1S/C24H28N2O2/c1-3-16(2)22-23(27)25-21(18-12-8-5-9-13-18)15-26(22)24(28)20-14-19(20)17-10-6-4-7-11-17/h4-13,16,19-22H,3,14-15H2,1-2H3,(H,25,27)/t16-,19+,20-,21-,22+/m1/s1. The lowest BCUT2D eigenvalue weighted by molar-refractivity contribution is -0.148. The monoisotopic (exact) mass is 376 g/mol. The van der Waals surface area contributed by atoms with Gasteiger partial charge in [0.05, 0.1) is 6.04 Å². The Hall–Kier alpha value is -2.62. The molecule has 5 atom stereocenters. The number of carbonyl (C=O) groups excluding carboxylic acids is 2. The highest BCUT2D eigenvalue weighted by Crippen LogP contribution is 2.49. The molecule has 2 amide bonds. The third-order valence-corrected chi connectivity index (χ3v) is 6.30. The zero-order chi connectivity index (χ0) is 19.7. The zero-order valence-corrected chi connectivity index (χ0v) is 16.5. The second kappa shape index (κ2) is 7.78. The van der Waals surface area contributed by atoms with Crippen molar-refractivity contribution in [2.45, 2.75) is 44.7 Å². The van der Waals surface area contributed by atoms with Crippen molar-refractivity contribution >= 4 is 11.8 Å². The highest BCUT2D eigenvalue weighted by molar-refractivity contribution is 5.91. The van der Waals surface area contributed by atoms with Crippen molar-refractivity contribution in [3.8, 4) is 0 Å². The molecule has 1 aliphatic heterocycles. The molecule has 2 aromatic carbocycles. The Balaban J connectivity index is 1.57. The Morgan fingerprint density at radius 2 is 1.68 bits per heavy atom. The summed E-state index contributed by atoms with van der Waals surface area (Å²) in [7, 11) is 0. The van der Waals surface area contributed by atoms with Crippen LogP contribution in [0.2, 0.25) is 0 Å². The summed E-state index contributed by atoms with van der Waals surface area (Å²) in [5, 5.41) is 3.15. The van der Waals surface area contributed by atoms with Gasteiger partial charge in [-0.25, -0.2) is 0 Å². The minimum atomic E-state index is -0.380. The normalized spacial score (nSPS) is 27.8. The molecule has 1 saturated carbocycles. The number of hydrogen-bond donors (Lipinski definition) is 1. The van der Waals surface area contributed by atoms with Crippen LogP contribution >= 0.6 is 0 Å². The molecule has 1 saturated heterocycles. The quantitative estimate of drug-likeness (QED) is 0.860. The van der Waals surface area contributed by atoms with Crippen LogP contribution in [0.1, 0.15) is 49.8 Å². The van der Waals surface area contributed by atoms with Gasteiger partial charge < -0.3 is 10.2 Å². The second-order valence-electron chi connectivity index (χ2n) is 8.15. The number of rotatable bonds is 5. The molecule has 4 nitrogen and oxygen atoms in total. The fourth-order valence-electron chi connectivity index (χ4n) is 4.39. The van der Waals surface area contributed by atoms with E-state index >= 15 is 0 Å². The van der Waals surface area contributed by atoms with E-state index in [1.165, 1.54) is 5.56 Å². The lowest BCUT2D eigenvalue weighted by Gasteiger charge is -2.42. The van der Waals surface area contributed by atoms with Crippen molar-refractivity contribution in [3.05, 3.63) is 71.8 Å². The Bertz CT molecular complexity index is 836. The first-order chi connectivity index (χ1) is 13.6. The minimum Gasteiger partial charge on any atom is -0.346 e. The molecule has 28 heavy (non-hydrogen) atoms. The van der Waals surface area contributed by atoms with Gasteiger partial charge in [0.15, 0.2) is 0 Å². The molecule has 1 heterocycles. The molecule has 4 rings (SSSR count). The molecule has 0 spiro atoms. The topological polar surface area (TPSA) is 49.4 Å². The van der Waals surface area contributed by atoms with Gasteiger partial charge in [-0.2, -0.15) is 0 Å². The van der Waals surface area contributed by atoms with E-state index in [1.807, 2.05) is 53.4 Å². The van der Waals surface area contributed by atoms with E-state index in [0.717, 1.165) is 18.4 Å². The van der Waals surface area contributed by atoms with Crippen LogP contribution in [0, 0.1) is 11.8 Å². The van der Waals surface area contributed by atoms with Crippen LogP contribution < -0.4 is 5.32 Å². The summed E-state index contributed by atoms with van der Waals surface area (Å²) >= 11 is 0. The lowest BCUT2D eigenvalue weighted by atomic mass is 9.91. The maximum absolute atomic E-state index is 13.4. The van der Waals surface area contributed by atoms with Crippen molar-refractivity contribution in [2.24, 2.45) is 11.8 Å². The summed E-state index contributed by atoms with van der Waals surface area (Å²) < 4.78 is 0. The summed E-state index contributed by atoms with van der Waals surface area (Å²) in [5.41, 5.74) is 2.27. The molecule has 4 heteroatoms. The summed E-state index contributed by atoms with van der Waals surface area (Å²) in [6.45, 7) is 4.68. The minimum absolute atomic E-state index is 0.00344. The molecular formula is C24H28N2O2. The van der Waals surface area contributed by atoms with Crippen LogP contribution in [0.3, 0.4) is 0 Å². The molecule has 0 unspecified atom stereocenters. The summed E-state index contributed by atoms with van der Waals surface area (Å²) in [6, 6.07) is 19.7. The van der Waals surface area contributed by atoms with E-state index in [-0.39, 0.29) is 41.7 Å². The maximum Gasteiger partial charge on any atom is 0.243 e. The highest BCUT2D eigenvalue weighted by Gasteiger charge is 2.50. The van der Waals surface area contributed by atoms with Gasteiger partial charge in [-0.1, -0.05) is 80.9 Å². The number of amides is 2. The molecule has 2 fully saturated rings. The Morgan fingerprint density at radius 1 is 1.07 bits per heavy atom. The molecule has 0 aromatic heterocycles. The van der Waals surface area contributed by atoms with E-state index in [1.54, 1.807) is 0 Å². The number of hydrogen-bond acceptors (Lipinski definition) is 2. The second-order valence-corrected chi connectivity index (χ2v) is 8.15. The number of piperazine rings is 1. The first-order valence-corrected chi connectivity index (χ1v) is 10.3. The molecule has 2 aliphatic rings. The van der Waals surface area contributed by atoms with Gasteiger partial charge in [-0.15, -0.1) is 0 Å². The Kier molecular flexibility index (Phi) is 5.21. The SMILES string of the molecule is CC[C@@H](C)[C@H]1C(=O)N[C@@H](c2ccccc2)CN1C(=O)[C@@H]1C[C@H]1c1ccccc1. The van der Waals surface area contributed by atoms with E-state index in [4.69, 9.17) is 0 Å². The van der Waals surface area contributed by atoms with Crippen LogP contribution in [-0.4, -0.2) is 29.3 Å². The van der Waals surface area contributed by atoms with Crippen LogP contribution in [0.25, 0.3) is 0 Å².